The minimum absolute atomic E-state index is 0.0307. The van der Waals surface area contributed by atoms with E-state index in [1.165, 1.54) is 25.8 Å². The number of hydrogen-bond acceptors (Lipinski definition) is 6. The number of rotatable bonds is 7. The number of pyridine rings is 1. The zero-order valence-corrected chi connectivity index (χ0v) is 23.4. The summed E-state index contributed by atoms with van der Waals surface area (Å²) in [4.78, 5) is 18.1. The Morgan fingerprint density at radius 1 is 1.27 bits per heavy atom. The van der Waals surface area contributed by atoms with E-state index < -0.39 is 44.3 Å². The van der Waals surface area contributed by atoms with Crippen LogP contribution in [-0.4, -0.2) is 38.0 Å². The van der Waals surface area contributed by atoms with Gasteiger partial charge in [0.15, 0.2) is 5.69 Å². The first kappa shape index (κ1) is 29.7. The molecule has 1 amide bonds. The van der Waals surface area contributed by atoms with Crippen molar-refractivity contribution in [1.82, 2.24) is 9.88 Å². The van der Waals surface area contributed by atoms with Crippen molar-refractivity contribution >= 4 is 44.8 Å². The topological polar surface area (TPSA) is 89.0 Å². The summed E-state index contributed by atoms with van der Waals surface area (Å²) in [5, 5.41) is -0.707. The van der Waals surface area contributed by atoms with E-state index in [9.17, 15) is 26.4 Å². The summed E-state index contributed by atoms with van der Waals surface area (Å²) in [6, 6.07) is 3.31. The molecule has 1 aliphatic carbocycles. The van der Waals surface area contributed by atoms with Gasteiger partial charge in [-0.3, -0.25) is 9.69 Å². The molecule has 2 aromatic rings. The summed E-state index contributed by atoms with van der Waals surface area (Å²) in [5.41, 5.74) is -1.17. The van der Waals surface area contributed by atoms with Gasteiger partial charge in [-0.25, -0.2) is 17.7 Å². The van der Waals surface area contributed by atoms with E-state index in [4.69, 9.17) is 32.7 Å². The summed E-state index contributed by atoms with van der Waals surface area (Å²) < 4.78 is 79.0. The molecule has 0 N–H and O–H groups in total. The van der Waals surface area contributed by atoms with E-state index in [0.717, 1.165) is 34.9 Å². The van der Waals surface area contributed by atoms with Crippen molar-refractivity contribution in [1.29, 1.82) is 0 Å². The van der Waals surface area contributed by atoms with Gasteiger partial charge in [0.1, 0.15) is 18.8 Å². The predicted molar refractivity (Wildman–Crippen MR) is 143 cm³/mol. The Morgan fingerprint density at radius 3 is 2.70 bits per heavy atom. The maximum Gasteiger partial charge on any atom is 0.417 e. The average molecular weight is 616 g/mol. The van der Waals surface area contributed by atoms with E-state index in [1.54, 1.807) is 0 Å². The largest absolute Gasteiger partial charge is 0.462 e. The molecule has 1 atom stereocenters. The van der Waals surface area contributed by atoms with Gasteiger partial charge in [-0.1, -0.05) is 48.4 Å². The van der Waals surface area contributed by atoms with E-state index in [0.29, 0.717) is 22.6 Å². The van der Waals surface area contributed by atoms with Crippen molar-refractivity contribution in [3.63, 3.8) is 0 Å². The van der Waals surface area contributed by atoms with Crippen molar-refractivity contribution in [3.05, 3.63) is 100.0 Å². The molecule has 0 saturated heterocycles. The van der Waals surface area contributed by atoms with Crippen molar-refractivity contribution in [3.8, 4) is 0 Å². The number of hydrogen-bond donors (Lipinski definition) is 0. The fourth-order valence-corrected chi connectivity index (χ4v) is 5.76. The number of alkyl halides is 3. The molecule has 212 valence electrons. The third-order valence-electron chi connectivity index (χ3n) is 5.89. The monoisotopic (exact) mass is 615 g/mol. The van der Waals surface area contributed by atoms with Crippen LogP contribution in [0.25, 0.3) is 0 Å². The highest BCUT2D eigenvalue weighted by Gasteiger charge is 2.37. The number of sulfonamides is 1. The summed E-state index contributed by atoms with van der Waals surface area (Å²) in [5.74, 6) is -0.0977. The molecule has 1 aliphatic heterocycles. The number of methoxy groups -OCH3 is 1. The zero-order valence-electron chi connectivity index (χ0n) is 21.0. The summed E-state index contributed by atoms with van der Waals surface area (Å²) in [6.07, 6.45) is 6.71. The molecule has 1 aromatic heterocycles. The lowest BCUT2D eigenvalue weighted by Gasteiger charge is -2.27. The van der Waals surface area contributed by atoms with Gasteiger partial charge in [-0.2, -0.15) is 13.2 Å². The molecule has 0 fully saturated rings. The van der Waals surface area contributed by atoms with E-state index in [-0.39, 0.29) is 22.3 Å². The van der Waals surface area contributed by atoms with E-state index in [2.05, 4.69) is 4.98 Å². The quantitative estimate of drug-likeness (QED) is 0.330. The van der Waals surface area contributed by atoms with Crippen LogP contribution in [-0.2, 0) is 25.7 Å². The van der Waals surface area contributed by atoms with Crippen LogP contribution in [0.1, 0.15) is 29.4 Å². The third-order valence-corrected chi connectivity index (χ3v) is 8.15. The molecule has 40 heavy (non-hydrogen) atoms. The van der Waals surface area contributed by atoms with E-state index in [1.807, 2.05) is 25.2 Å². The van der Waals surface area contributed by atoms with Crippen LogP contribution in [0.3, 0.4) is 0 Å². The van der Waals surface area contributed by atoms with Crippen LogP contribution in [0.5, 0.6) is 0 Å². The van der Waals surface area contributed by atoms with Crippen LogP contribution < -0.4 is 4.31 Å². The number of ether oxygens (including phenoxy) is 2. The van der Waals surface area contributed by atoms with Crippen LogP contribution in [0.4, 0.5) is 18.9 Å². The molecule has 2 heterocycles. The minimum Gasteiger partial charge on any atom is -0.462 e. The number of allylic oxidation sites excluding steroid dienone is 4. The molecule has 2 aliphatic rings. The first-order valence-electron chi connectivity index (χ1n) is 11.6. The Hall–Kier alpha value is -3.32. The maximum absolute atomic E-state index is 13.6. The maximum atomic E-state index is 13.6. The normalized spacial score (nSPS) is 17.3. The van der Waals surface area contributed by atoms with Gasteiger partial charge >= 0.3 is 6.18 Å². The second kappa shape index (κ2) is 11.7. The van der Waals surface area contributed by atoms with Gasteiger partial charge in [0.2, 0.25) is 0 Å². The van der Waals surface area contributed by atoms with Crippen LogP contribution >= 0.6 is 23.2 Å². The first-order chi connectivity index (χ1) is 18.8. The number of aromatic nitrogens is 1. The molecule has 0 bridgehead atoms. The molecule has 0 saturated carbocycles. The van der Waals surface area contributed by atoms with Crippen molar-refractivity contribution in [2.45, 2.75) is 24.4 Å². The van der Waals surface area contributed by atoms with Crippen molar-refractivity contribution in [2.24, 2.45) is 5.92 Å². The molecule has 4 rings (SSSR count). The van der Waals surface area contributed by atoms with Crippen LogP contribution in [0.15, 0.2) is 83.6 Å². The second-order valence-corrected chi connectivity index (χ2v) is 11.5. The molecular formula is C26H22Cl2F3N3O5S. The highest BCUT2D eigenvalue weighted by atomic mass is 35.5. The first-order valence-corrected chi connectivity index (χ1v) is 13.8. The molecule has 8 nitrogen and oxygen atoms in total. The fraction of sp³-hybridized carbons (Fsp3) is 0.231. The number of benzene rings is 1. The molecule has 0 spiro atoms. The van der Waals surface area contributed by atoms with Gasteiger partial charge in [-0.15, -0.1) is 0 Å². The van der Waals surface area contributed by atoms with Gasteiger partial charge < -0.3 is 9.47 Å². The molecular weight excluding hydrogens is 594 g/mol. The predicted octanol–water partition coefficient (Wildman–Crippen LogP) is 6.51. The Balaban J connectivity index is 1.78. The number of amides is 1. The number of halogens is 5. The molecule has 1 unspecified atom stereocenters. The van der Waals surface area contributed by atoms with Gasteiger partial charge in [0, 0.05) is 19.5 Å². The van der Waals surface area contributed by atoms with Gasteiger partial charge in [-0.05, 0) is 42.2 Å². The van der Waals surface area contributed by atoms with Crippen molar-refractivity contribution in [2.75, 3.05) is 18.1 Å². The highest BCUT2D eigenvalue weighted by Crippen LogP contribution is 2.38. The summed E-state index contributed by atoms with van der Waals surface area (Å²) in [7, 11) is -3.57. The highest BCUT2D eigenvalue weighted by molar-refractivity contribution is 7.92. The SMILES string of the molecule is COCN(c1cc(Cl)cnc1C(=O)N1C=COC(C2=CC=CC(C)C2)=C1)S(=O)(=O)c1ccc(Cl)c(C(F)(F)F)c1. The second-order valence-electron chi connectivity index (χ2n) is 8.80. The van der Waals surface area contributed by atoms with Crippen molar-refractivity contribution < 1.29 is 35.9 Å². The van der Waals surface area contributed by atoms with Gasteiger partial charge in [0.25, 0.3) is 15.9 Å². The minimum atomic E-state index is -4.92. The standard InChI is InChI=1S/C26H22Cl2F3N3O5S/c1-16-4-3-5-17(10-16)23-14-33(8-9-39-23)25(35)24-22(11-18(27)13-32-24)34(15-38-2)40(36,37)19-6-7-21(28)20(12-19)26(29,30)31/h3-9,11-14,16H,10,15H2,1-2H3. The van der Waals surface area contributed by atoms with Crippen LogP contribution in [0, 0.1) is 5.92 Å². The Morgan fingerprint density at radius 2 is 2.02 bits per heavy atom. The Kier molecular flexibility index (Phi) is 8.64. The Bertz CT molecular complexity index is 1560. The lowest BCUT2D eigenvalue weighted by atomic mass is 9.95. The zero-order chi connectivity index (χ0) is 29.2. The van der Waals surface area contributed by atoms with Crippen LogP contribution in [0.2, 0.25) is 10.0 Å². The lowest BCUT2D eigenvalue weighted by molar-refractivity contribution is -0.137. The summed E-state index contributed by atoms with van der Waals surface area (Å²) >= 11 is 11.8. The molecule has 14 heteroatoms. The molecule has 0 radical (unpaired) electrons. The number of nitrogens with zero attached hydrogens (tertiary/aromatic N) is 3. The number of anilines is 1. The lowest BCUT2D eigenvalue weighted by Crippen LogP contribution is -2.36. The van der Waals surface area contributed by atoms with Gasteiger partial charge in [0.05, 0.1) is 32.4 Å². The number of carbonyl (C=O) groups excluding carboxylic acids is 1. The summed E-state index contributed by atoms with van der Waals surface area (Å²) in [6.45, 7) is 1.35. The average Bonchev–Trinajstić information content (AvgIpc) is 2.90. The fourth-order valence-electron chi connectivity index (χ4n) is 3.98. The Labute approximate surface area is 238 Å². The number of carbonyl (C=O) groups is 1. The molecule has 1 aromatic carbocycles. The van der Waals surface area contributed by atoms with E-state index >= 15 is 0 Å². The third kappa shape index (κ3) is 6.20. The smallest absolute Gasteiger partial charge is 0.417 e.